The molecule has 12 rings (SSSR count). The average molecular weight is 2080 g/mol. The van der Waals surface area contributed by atoms with Crippen LogP contribution in [0.5, 0.6) is 11.5 Å². The number of methoxy groups -OCH3 is 3. The second-order valence-electron chi connectivity index (χ2n) is 34.9. The number of nitrogens with zero attached hydrogens (tertiary/aromatic N) is 10. The van der Waals surface area contributed by atoms with Crippen LogP contribution in [0.3, 0.4) is 0 Å². The first-order valence-electron chi connectivity index (χ1n) is 45.3. The zero-order chi connectivity index (χ0) is 102. The van der Waals surface area contributed by atoms with Gasteiger partial charge in [0.15, 0.2) is 17.3 Å². The summed E-state index contributed by atoms with van der Waals surface area (Å²) < 4.78 is 40.6. The maximum atomic E-state index is 14.7. The minimum Gasteiger partial charge on any atom is -0.492 e. The molecule has 1 saturated heterocycles. The van der Waals surface area contributed by atoms with Crippen LogP contribution in [-0.2, 0) is 62.0 Å². The molecule has 0 spiro atoms. The van der Waals surface area contributed by atoms with Crippen LogP contribution < -0.4 is 37.5 Å². The number of esters is 3. The molecule has 0 unspecified atom stereocenters. The third-order valence-corrected chi connectivity index (χ3v) is 23.8. The van der Waals surface area contributed by atoms with E-state index in [1.54, 1.807) is 105 Å². The third kappa shape index (κ3) is 33.6. The molecule has 732 valence electrons. The van der Waals surface area contributed by atoms with Crippen molar-refractivity contribution in [2.24, 2.45) is 40.9 Å². The molecule has 0 saturated carbocycles. The number of nitriles is 1. The SMILES string of the molecule is Brc1cnc(Br)cn1.CCCB(O)O.COC(=O)c1ccc(-c2cnc(Br)cn2)cc1C.COC(=O)c1ccc(-c2cnc(CC(C)C)cn2)cc1C.COC(=O)c1ccc(B2OC(C)(C)C(C)(C)O2)cc1C.Cc1cc(-c2cnc(CC(C)C)cn2)ccc1C(=O)C[C@@H](CCN)C(=O)N(C)[C@@H]1C(=O)C[C@@H](C)C(=O)N[C@H](C(=O)CCC#N)Cc2ccc(OCCN)c(c2)-c2cc1ccc2OCCN. The van der Waals surface area contributed by atoms with Gasteiger partial charge in [0.1, 0.15) is 44.6 Å². The molecular weight excluding hydrogens is 1950 g/mol. The number of aromatic nitrogens is 8. The first-order chi connectivity index (χ1) is 65.5. The van der Waals surface area contributed by atoms with Crippen molar-refractivity contribution in [3.63, 3.8) is 0 Å². The second kappa shape index (κ2) is 55.2. The van der Waals surface area contributed by atoms with Gasteiger partial charge in [-0.2, -0.15) is 5.26 Å². The molecule has 1 fully saturated rings. The van der Waals surface area contributed by atoms with Gasteiger partial charge in [0.2, 0.25) is 11.8 Å². The van der Waals surface area contributed by atoms with Gasteiger partial charge in [-0.15, -0.1) is 0 Å². The van der Waals surface area contributed by atoms with Crippen LogP contribution in [-0.4, -0.2) is 195 Å². The Bertz CT molecular complexity index is 5780. The molecule has 9 N–H and O–H groups in total. The highest BCUT2D eigenvalue weighted by molar-refractivity contribution is 9.11. The smallest absolute Gasteiger partial charge is 0.492 e. The quantitative estimate of drug-likeness (QED) is 0.0110. The van der Waals surface area contributed by atoms with Gasteiger partial charge in [-0.1, -0.05) is 96.5 Å². The Labute approximate surface area is 834 Å². The fourth-order valence-electron chi connectivity index (χ4n) is 14.7. The molecule has 4 atom stereocenters. The Kier molecular flexibility index (Phi) is 45.4. The molecule has 2 aliphatic heterocycles. The number of aryl methyl sites for hydroxylation is 4. The normalized spacial score (nSPS) is 14.7. The van der Waals surface area contributed by atoms with Crippen LogP contribution in [0.4, 0.5) is 0 Å². The monoisotopic (exact) mass is 2080 g/mol. The lowest BCUT2D eigenvalue weighted by Gasteiger charge is -2.32. The number of hydrogen-bond acceptors (Lipinski definition) is 29. The molecule has 138 heavy (non-hydrogen) atoms. The standard InChI is InChI=1S/C50H62N8O7.C17H20N2O2.C15H21BO4.C13H11BrN2O2.C4H2Br2N2.C3H9BO2/c1-30(2)21-37-28-56-42(29-55-37)34-9-11-38(31(3)22-34)44(60)27-36(14-16-52)50(63)58(5)48-35-10-13-47(65-20-18-54)40(26-35)39-24-33(8-12-46(39)64-19-17-53)25-41(43(59)7-6-15-51)57-49(62)32(4)23-45(48)61;1-11(2)7-14-9-19-16(10-18-14)13-5-6-15(12(3)8-13)17(20)21-4;1-10-9-11(7-8-12(10)13(17)18-6)16-19-14(2,3)15(4,5)20-16;1-8-5-9(3-4-10(8)13(17)18-2)11-6-16-12(14)7-15-11;5-3-1-7-4(6)2-8-3;1-2-3-4(5)6/h8-13,22,24,26,28-30,32,36,41,48H,6-7,14,16-21,23,25,27,52-54H2,1-5H3,(H,57,62);5-6,8-11H,7H2,1-4H3;7-9H,1-6H3;3-7H,1-2H3;1-2H;5-6H,2-3H2,1H3/t32-,36-,41+,48+;;;;;/m1...../s1. The van der Waals surface area contributed by atoms with Crippen LogP contribution in [0.25, 0.3) is 44.9 Å². The Morgan fingerprint density at radius 2 is 1.01 bits per heavy atom. The third-order valence-electron chi connectivity index (χ3n) is 22.6. The number of ether oxygens (including phenoxy) is 5. The Morgan fingerprint density at radius 1 is 0.580 bits per heavy atom. The van der Waals surface area contributed by atoms with Crippen LogP contribution in [0.1, 0.15) is 200 Å². The highest BCUT2D eigenvalue weighted by Gasteiger charge is 2.52. The van der Waals surface area contributed by atoms with Gasteiger partial charge in [0.05, 0.1) is 127 Å². The minimum absolute atomic E-state index is 0.0288. The van der Waals surface area contributed by atoms with Gasteiger partial charge in [0, 0.05) is 103 Å². The molecule has 36 heteroatoms. The van der Waals surface area contributed by atoms with Crippen molar-refractivity contribution in [3.8, 4) is 62.5 Å². The fourth-order valence-corrected chi connectivity index (χ4v) is 15.3. The van der Waals surface area contributed by atoms with E-state index in [1.807, 2.05) is 129 Å². The number of hydrogen-bond donors (Lipinski definition) is 6. The summed E-state index contributed by atoms with van der Waals surface area (Å²) in [5.41, 5.74) is 32.4. The van der Waals surface area contributed by atoms with Crippen LogP contribution >= 0.6 is 47.8 Å². The molecular formula is C102H125B2Br3N14O17. The predicted molar refractivity (Wildman–Crippen MR) is 542 cm³/mol. The minimum atomic E-state index is -1.22. The summed E-state index contributed by atoms with van der Waals surface area (Å²) in [7, 11) is 4.13. The first kappa shape index (κ1) is 113. The number of benzene rings is 6. The molecule has 2 amide bonds. The Hall–Kier alpha value is -11.6. The summed E-state index contributed by atoms with van der Waals surface area (Å²) in [5.74, 6) is -2.97. The lowest BCUT2D eigenvalue weighted by Crippen LogP contribution is -2.46. The Morgan fingerprint density at radius 3 is 1.41 bits per heavy atom. The van der Waals surface area contributed by atoms with E-state index in [0.29, 0.717) is 90.0 Å². The second-order valence-corrected chi connectivity index (χ2v) is 37.4. The molecule has 6 aromatic carbocycles. The van der Waals surface area contributed by atoms with E-state index in [-0.39, 0.29) is 112 Å². The van der Waals surface area contributed by atoms with Crippen LogP contribution in [0.15, 0.2) is 173 Å². The largest absolute Gasteiger partial charge is 0.494 e. The number of nitrogens with one attached hydrogen (secondary N) is 1. The average Bonchev–Trinajstić information content (AvgIpc) is 1.56. The first-order valence-corrected chi connectivity index (χ1v) is 47.7. The summed E-state index contributed by atoms with van der Waals surface area (Å²) in [5, 5.41) is 28.3. The number of halogens is 3. The summed E-state index contributed by atoms with van der Waals surface area (Å²) >= 11 is 9.54. The number of carbonyl (C=O) groups is 8. The van der Waals surface area contributed by atoms with Crippen molar-refractivity contribution in [2.45, 2.75) is 184 Å². The van der Waals surface area contributed by atoms with E-state index >= 15 is 0 Å². The van der Waals surface area contributed by atoms with Gasteiger partial charge >= 0.3 is 32.1 Å². The van der Waals surface area contributed by atoms with E-state index in [1.165, 1.54) is 33.3 Å². The number of amides is 2. The van der Waals surface area contributed by atoms with E-state index in [4.69, 9.17) is 60.2 Å². The van der Waals surface area contributed by atoms with Gasteiger partial charge in [-0.3, -0.25) is 48.9 Å². The van der Waals surface area contributed by atoms with Crippen molar-refractivity contribution in [1.29, 1.82) is 5.26 Å². The highest BCUT2D eigenvalue weighted by atomic mass is 79.9. The summed E-state index contributed by atoms with van der Waals surface area (Å²) in [6.07, 6.45) is 16.4. The van der Waals surface area contributed by atoms with Crippen molar-refractivity contribution >= 4 is 115 Å². The zero-order valence-electron chi connectivity index (χ0n) is 81.6. The zero-order valence-corrected chi connectivity index (χ0v) is 86.4. The summed E-state index contributed by atoms with van der Waals surface area (Å²) in [6, 6.07) is 32.2. The van der Waals surface area contributed by atoms with Crippen molar-refractivity contribution in [2.75, 3.05) is 61.2 Å². The van der Waals surface area contributed by atoms with Crippen LogP contribution in [0, 0.1) is 62.7 Å². The van der Waals surface area contributed by atoms with Gasteiger partial charge in [-0.25, -0.2) is 29.3 Å². The lowest BCUT2D eigenvalue weighted by atomic mass is 9.78. The molecule has 31 nitrogen and oxygen atoms in total. The molecule has 6 heterocycles. The van der Waals surface area contributed by atoms with Crippen molar-refractivity contribution < 1.29 is 81.4 Å². The number of ketones is 3. The predicted octanol–water partition coefficient (Wildman–Crippen LogP) is 15.6. The van der Waals surface area contributed by atoms with E-state index in [0.717, 1.165) is 90.1 Å². The maximum Gasteiger partial charge on any atom is 0.494 e. The number of fused-ring (bicyclic) bond motifs is 5. The van der Waals surface area contributed by atoms with E-state index in [2.05, 4.69) is 121 Å². The van der Waals surface area contributed by atoms with Gasteiger partial charge in [0.25, 0.3) is 0 Å². The summed E-state index contributed by atoms with van der Waals surface area (Å²) in [6.45, 7) is 28.5. The van der Waals surface area contributed by atoms with E-state index < -0.39 is 55.8 Å². The summed E-state index contributed by atoms with van der Waals surface area (Å²) in [4.78, 5) is 141. The van der Waals surface area contributed by atoms with Gasteiger partial charge in [-0.05, 0) is 253 Å². The lowest BCUT2D eigenvalue weighted by molar-refractivity contribution is -0.142. The van der Waals surface area contributed by atoms with Crippen molar-refractivity contribution in [1.82, 2.24) is 50.1 Å². The molecule has 4 bridgehead atoms. The molecule has 10 aromatic rings. The number of likely N-dealkylation sites (N-methyl/N-ethyl adjacent to an activating group) is 1. The van der Waals surface area contributed by atoms with Crippen LogP contribution in [0.2, 0.25) is 6.32 Å². The number of nitrogens with two attached hydrogens (primary N) is 3. The fraction of sp³-hybridized carbons (Fsp3) is 0.402. The molecule has 4 aromatic heterocycles. The maximum absolute atomic E-state index is 14.7. The number of rotatable bonds is 29. The topological polar surface area (TPSA) is 462 Å². The van der Waals surface area contributed by atoms with Gasteiger partial charge < -0.3 is 70.5 Å². The number of Topliss-reactive ketones (excluding diaryl/α,β-unsaturated/α-hetero) is 3. The number of carbonyl (C=O) groups excluding carboxylic acids is 8. The molecule has 0 radical (unpaired) electrons. The van der Waals surface area contributed by atoms with E-state index in [9.17, 15) is 43.6 Å². The Balaban J connectivity index is 0.000000282. The highest BCUT2D eigenvalue weighted by Crippen LogP contribution is 2.42. The molecule has 0 aliphatic carbocycles. The molecule has 2 aliphatic rings. The van der Waals surface area contributed by atoms with Crippen molar-refractivity contribution in [3.05, 3.63) is 240 Å².